The van der Waals surface area contributed by atoms with Crippen molar-refractivity contribution in [2.24, 2.45) is 0 Å². The van der Waals surface area contributed by atoms with Crippen molar-refractivity contribution in [1.29, 1.82) is 0 Å². The number of nitrogens with zero attached hydrogens (tertiary/aromatic N) is 1. The second-order valence-corrected chi connectivity index (χ2v) is 4.91. The quantitative estimate of drug-likeness (QED) is 0.619. The number of carbonyl (C=O) groups excluding carboxylic acids is 1. The fourth-order valence-corrected chi connectivity index (χ4v) is 2.18. The molecule has 3 heteroatoms. The lowest BCUT2D eigenvalue weighted by atomic mass is 10.0. The van der Waals surface area contributed by atoms with E-state index in [-0.39, 0.29) is 0 Å². The summed E-state index contributed by atoms with van der Waals surface area (Å²) in [6.07, 6.45) is 7.74. The number of hydrogen-bond acceptors (Lipinski definition) is 3. The number of aliphatic hydroxyl groups is 1. The summed E-state index contributed by atoms with van der Waals surface area (Å²) in [5.74, 6) is 0. The predicted molar refractivity (Wildman–Crippen MR) is 78.6 cm³/mol. The van der Waals surface area contributed by atoms with Gasteiger partial charge in [-0.2, -0.15) is 0 Å². The molecule has 2 rings (SSSR count). The second-order valence-electron chi connectivity index (χ2n) is 4.91. The summed E-state index contributed by atoms with van der Waals surface area (Å²) in [5, 5.41) is 10.1. The number of aromatic nitrogens is 1. The van der Waals surface area contributed by atoms with Gasteiger partial charge < -0.3 is 5.11 Å². The number of pyridine rings is 1. The van der Waals surface area contributed by atoms with Crippen LogP contribution in [-0.2, 0) is 6.42 Å². The summed E-state index contributed by atoms with van der Waals surface area (Å²) in [4.78, 5) is 14.7. The molecular formula is C17H19NO2. The summed E-state index contributed by atoms with van der Waals surface area (Å²) in [6.45, 7) is 0. The Kier molecular flexibility index (Phi) is 5.44. The molecule has 0 spiro atoms. The van der Waals surface area contributed by atoms with Gasteiger partial charge in [0.15, 0.2) is 0 Å². The highest BCUT2D eigenvalue weighted by Crippen LogP contribution is 2.20. The molecule has 0 radical (unpaired) electrons. The standard InChI is InChI=1S/C17H19NO2/c19-13-15-7-9-16(10-8-15)17(20)6-2-1-4-14-5-3-11-18-12-14/h3,5,7-13,17,20H,1-2,4,6H2. The summed E-state index contributed by atoms with van der Waals surface area (Å²) < 4.78 is 0. The van der Waals surface area contributed by atoms with E-state index in [1.807, 2.05) is 24.4 Å². The number of rotatable bonds is 7. The first kappa shape index (κ1) is 14.4. The van der Waals surface area contributed by atoms with E-state index in [0.717, 1.165) is 37.5 Å². The number of aryl methyl sites for hydroxylation is 1. The Hall–Kier alpha value is -2.00. The van der Waals surface area contributed by atoms with Gasteiger partial charge in [-0.3, -0.25) is 9.78 Å². The van der Waals surface area contributed by atoms with Crippen LogP contribution < -0.4 is 0 Å². The largest absolute Gasteiger partial charge is 0.388 e. The van der Waals surface area contributed by atoms with Crippen LogP contribution in [0.4, 0.5) is 0 Å². The van der Waals surface area contributed by atoms with Gasteiger partial charge in [0.2, 0.25) is 0 Å². The van der Waals surface area contributed by atoms with Crippen molar-refractivity contribution >= 4 is 6.29 Å². The Balaban J connectivity index is 1.74. The molecule has 3 nitrogen and oxygen atoms in total. The van der Waals surface area contributed by atoms with Gasteiger partial charge in [-0.1, -0.05) is 36.8 Å². The summed E-state index contributed by atoms with van der Waals surface area (Å²) in [5.41, 5.74) is 2.74. The maximum atomic E-state index is 10.6. The van der Waals surface area contributed by atoms with Crippen LogP contribution in [0.3, 0.4) is 0 Å². The van der Waals surface area contributed by atoms with Crippen LogP contribution >= 0.6 is 0 Å². The molecule has 0 saturated heterocycles. The second kappa shape index (κ2) is 7.56. The van der Waals surface area contributed by atoms with Crippen LogP contribution in [0.15, 0.2) is 48.8 Å². The Morgan fingerprint density at radius 1 is 1.15 bits per heavy atom. The third kappa shape index (κ3) is 4.28. The molecule has 104 valence electrons. The molecule has 0 aliphatic heterocycles. The number of benzene rings is 1. The van der Waals surface area contributed by atoms with Crippen molar-refractivity contribution in [3.8, 4) is 0 Å². The van der Waals surface area contributed by atoms with Gasteiger partial charge in [-0.15, -0.1) is 0 Å². The number of carbonyl (C=O) groups is 1. The number of unbranched alkanes of at least 4 members (excludes halogenated alkanes) is 1. The van der Waals surface area contributed by atoms with Crippen molar-refractivity contribution < 1.29 is 9.90 Å². The van der Waals surface area contributed by atoms with E-state index in [9.17, 15) is 9.90 Å². The first-order valence-electron chi connectivity index (χ1n) is 6.91. The molecule has 1 unspecified atom stereocenters. The van der Waals surface area contributed by atoms with Crippen LogP contribution in [0, 0.1) is 0 Å². The minimum atomic E-state index is -0.454. The zero-order valence-corrected chi connectivity index (χ0v) is 11.4. The van der Waals surface area contributed by atoms with E-state index >= 15 is 0 Å². The summed E-state index contributed by atoms with van der Waals surface area (Å²) >= 11 is 0. The highest BCUT2D eigenvalue weighted by molar-refractivity contribution is 5.74. The Bertz CT molecular complexity index is 522. The zero-order chi connectivity index (χ0) is 14.2. The normalized spacial score (nSPS) is 12.1. The van der Waals surface area contributed by atoms with Gasteiger partial charge in [0.1, 0.15) is 6.29 Å². The van der Waals surface area contributed by atoms with Crippen molar-refractivity contribution in [2.75, 3.05) is 0 Å². The lowest BCUT2D eigenvalue weighted by Crippen LogP contribution is -1.98. The molecule has 1 N–H and O–H groups in total. The SMILES string of the molecule is O=Cc1ccc(C(O)CCCCc2cccnc2)cc1. The zero-order valence-electron chi connectivity index (χ0n) is 11.4. The molecule has 1 aromatic carbocycles. The van der Waals surface area contributed by atoms with Crippen LogP contribution in [0.25, 0.3) is 0 Å². The van der Waals surface area contributed by atoms with Gasteiger partial charge in [0.05, 0.1) is 6.10 Å². The molecule has 0 saturated carbocycles. The monoisotopic (exact) mass is 269 g/mol. The lowest BCUT2D eigenvalue weighted by Gasteiger charge is -2.11. The van der Waals surface area contributed by atoms with Crippen molar-refractivity contribution in [1.82, 2.24) is 4.98 Å². The maximum absolute atomic E-state index is 10.6. The third-order valence-electron chi connectivity index (χ3n) is 3.37. The highest BCUT2D eigenvalue weighted by Gasteiger charge is 2.07. The third-order valence-corrected chi connectivity index (χ3v) is 3.37. The minimum absolute atomic E-state index is 0.454. The number of aliphatic hydroxyl groups excluding tert-OH is 1. The van der Waals surface area contributed by atoms with Crippen molar-refractivity contribution in [3.05, 3.63) is 65.5 Å². The Morgan fingerprint density at radius 2 is 1.95 bits per heavy atom. The molecule has 1 aromatic heterocycles. The maximum Gasteiger partial charge on any atom is 0.150 e. The Morgan fingerprint density at radius 3 is 2.60 bits per heavy atom. The molecule has 2 aromatic rings. The van der Waals surface area contributed by atoms with E-state index in [2.05, 4.69) is 11.1 Å². The summed E-state index contributed by atoms with van der Waals surface area (Å²) in [6, 6.07) is 11.1. The molecule has 20 heavy (non-hydrogen) atoms. The Labute approximate surface area is 119 Å². The van der Waals surface area contributed by atoms with E-state index in [0.29, 0.717) is 5.56 Å². The summed E-state index contributed by atoms with van der Waals surface area (Å²) in [7, 11) is 0. The van der Waals surface area contributed by atoms with Gasteiger partial charge >= 0.3 is 0 Å². The van der Waals surface area contributed by atoms with E-state index in [1.54, 1.807) is 18.3 Å². The van der Waals surface area contributed by atoms with Crippen LogP contribution in [0.5, 0.6) is 0 Å². The molecule has 0 amide bonds. The molecule has 0 aliphatic carbocycles. The smallest absolute Gasteiger partial charge is 0.150 e. The van der Waals surface area contributed by atoms with Gasteiger partial charge in [0.25, 0.3) is 0 Å². The van der Waals surface area contributed by atoms with Gasteiger partial charge in [-0.25, -0.2) is 0 Å². The number of aldehydes is 1. The fraction of sp³-hybridized carbons (Fsp3) is 0.294. The minimum Gasteiger partial charge on any atom is -0.388 e. The molecule has 1 heterocycles. The topological polar surface area (TPSA) is 50.2 Å². The number of hydrogen-bond donors (Lipinski definition) is 1. The van der Waals surface area contributed by atoms with E-state index < -0.39 is 6.10 Å². The molecule has 0 bridgehead atoms. The average Bonchev–Trinajstić information content (AvgIpc) is 2.52. The first-order valence-corrected chi connectivity index (χ1v) is 6.91. The van der Waals surface area contributed by atoms with E-state index in [4.69, 9.17) is 0 Å². The molecule has 0 aliphatic rings. The van der Waals surface area contributed by atoms with Gasteiger partial charge in [-0.05, 0) is 36.5 Å². The van der Waals surface area contributed by atoms with E-state index in [1.165, 1.54) is 5.56 Å². The van der Waals surface area contributed by atoms with Crippen LogP contribution in [0.2, 0.25) is 0 Å². The highest BCUT2D eigenvalue weighted by atomic mass is 16.3. The molecule has 1 atom stereocenters. The average molecular weight is 269 g/mol. The molecular weight excluding hydrogens is 250 g/mol. The van der Waals surface area contributed by atoms with Crippen LogP contribution in [-0.4, -0.2) is 16.4 Å². The van der Waals surface area contributed by atoms with Crippen LogP contribution in [0.1, 0.15) is 46.9 Å². The van der Waals surface area contributed by atoms with Gasteiger partial charge in [0, 0.05) is 18.0 Å². The fourth-order valence-electron chi connectivity index (χ4n) is 2.18. The predicted octanol–water partition coefficient (Wildman–Crippen LogP) is 3.34. The van der Waals surface area contributed by atoms with Crippen molar-refractivity contribution in [2.45, 2.75) is 31.8 Å². The molecule has 0 fully saturated rings. The lowest BCUT2D eigenvalue weighted by molar-refractivity contribution is 0.112. The van der Waals surface area contributed by atoms with Crippen molar-refractivity contribution in [3.63, 3.8) is 0 Å². The first-order chi connectivity index (χ1) is 9.79.